The molecule has 0 unspecified atom stereocenters. The predicted molar refractivity (Wildman–Crippen MR) is 53.0 cm³/mol. The number of methoxy groups -OCH3 is 1. The predicted octanol–water partition coefficient (Wildman–Crippen LogP) is 1.22. The molecule has 0 amide bonds. The van der Waals surface area contributed by atoms with Crippen LogP contribution >= 0.6 is 0 Å². The van der Waals surface area contributed by atoms with Gasteiger partial charge in [-0.15, -0.1) is 0 Å². The van der Waals surface area contributed by atoms with Crippen LogP contribution in [0.25, 0.3) is 0 Å². The number of carbonyl (C=O) groups is 1. The number of hydrogen-bond donors (Lipinski definition) is 1. The fourth-order valence-corrected chi connectivity index (χ4v) is 2.66. The van der Waals surface area contributed by atoms with Gasteiger partial charge in [0, 0.05) is 6.42 Å². The molecule has 0 aromatic rings. The molecule has 1 saturated heterocycles. The van der Waals surface area contributed by atoms with Crippen LogP contribution in [0, 0.1) is 5.92 Å². The highest BCUT2D eigenvalue weighted by Gasteiger charge is 2.47. The van der Waals surface area contributed by atoms with Crippen molar-refractivity contribution in [3.8, 4) is 0 Å². The third kappa shape index (κ3) is 2.01. The van der Waals surface area contributed by atoms with Crippen LogP contribution in [0.2, 0.25) is 0 Å². The Hall–Kier alpha value is -0.610. The average molecular weight is 214 g/mol. The number of fused-ring (bicyclic) bond motifs is 1. The zero-order chi connectivity index (χ0) is 10.9. The molecule has 0 bridgehead atoms. The normalized spacial score (nSPS) is 40.7. The van der Waals surface area contributed by atoms with Gasteiger partial charge in [-0.25, -0.2) is 4.79 Å². The SMILES string of the molecule is COC(=O)[C@]1(O)CC[C@@H]2CCCC[C@@H]2O1. The molecule has 0 aromatic heterocycles. The fraction of sp³-hybridized carbons (Fsp3) is 0.909. The Balaban J connectivity index is 2.04. The first-order valence-corrected chi connectivity index (χ1v) is 5.64. The van der Waals surface area contributed by atoms with Crippen molar-refractivity contribution in [1.82, 2.24) is 0 Å². The van der Waals surface area contributed by atoms with Gasteiger partial charge in [0.15, 0.2) is 0 Å². The van der Waals surface area contributed by atoms with Gasteiger partial charge in [0.1, 0.15) is 0 Å². The Morgan fingerprint density at radius 3 is 2.87 bits per heavy atom. The smallest absolute Gasteiger partial charge is 0.366 e. The summed E-state index contributed by atoms with van der Waals surface area (Å²) in [5.41, 5.74) is 0. The maximum Gasteiger partial charge on any atom is 0.366 e. The molecule has 4 heteroatoms. The monoisotopic (exact) mass is 214 g/mol. The summed E-state index contributed by atoms with van der Waals surface area (Å²) in [7, 11) is 1.27. The van der Waals surface area contributed by atoms with E-state index in [0.29, 0.717) is 12.3 Å². The first kappa shape index (κ1) is 10.9. The molecule has 4 nitrogen and oxygen atoms in total. The molecule has 1 saturated carbocycles. The number of carbonyl (C=O) groups excluding carboxylic acids is 1. The van der Waals surface area contributed by atoms with Gasteiger partial charge in [-0.05, 0) is 25.2 Å². The second-order valence-corrected chi connectivity index (χ2v) is 4.52. The minimum Gasteiger partial charge on any atom is -0.465 e. The molecule has 0 aromatic carbocycles. The van der Waals surface area contributed by atoms with Crippen molar-refractivity contribution in [2.45, 2.75) is 50.4 Å². The third-order valence-electron chi connectivity index (χ3n) is 3.54. The van der Waals surface area contributed by atoms with Gasteiger partial charge in [-0.3, -0.25) is 0 Å². The van der Waals surface area contributed by atoms with Gasteiger partial charge < -0.3 is 14.6 Å². The summed E-state index contributed by atoms with van der Waals surface area (Å²) in [5, 5.41) is 9.98. The van der Waals surface area contributed by atoms with Crippen LogP contribution in [0.1, 0.15) is 38.5 Å². The van der Waals surface area contributed by atoms with Crippen LogP contribution in [0.5, 0.6) is 0 Å². The summed E-state index contributed by atoms with van der Waals surface area (Å²) < 4.78 is 10.1. The second kappa shape index (κ2) is 4.10. The lowest BCUT2D eigenvalue weighted by Crippen LogP contribution is -2.51. The Morgan fingerprint density at radius 2 is 2.13 bits per heavy atom. The molecule has 1 aliphatic heterocycles. The van der Waals surface area contributed by atoms with Gasteiger partial charge in [-0.2, -0.15) is 0 Å². The minimum atomic E-state index is -1.69. The zero-order valence-corrected chi connectivity index (χ0v) is 9.07. The summed E-state index contributed by atoms with van der Waals surface area (Å²) >= 11 is 0. The summed E-state index contributed by atoms with van der Waals surface area (Å²) in [5.74, 6) is -1.83. The van der Waals surface area contributed by atoms with E-state index in [-0.39, 0.29) is 6.10 Å². The topological polar surface area (TPSA) is 55.8 Å². The van der Waals surface area contributed by atoms with E-state index in [1.165, 1.54) is 13.5 Å². The highest BCUT2D eigenvalue weighted by atomic mass is 16.7. The van der Waals surface area contributed by atoms with Crippen LogP contribution in [-0.4, -0.2) is 30.1 Å². The van der Waals surface area contributed by atoms with Crippen molar-refractivity contribution >= 4 is 5.97 Å². The molecule has 0 radical (unpaired) electrons. The van der Waals surface area contributed by atoms with E-state index in [4.69, 9.17) is 4.74 Å². The van der Waals surface area contributed by atoms with Crippen LogP contribution in [0.15, 0.2) is 0 Å². The Morgan fingerprint density at radius 1 is 1.40 bits per heavy atom. The molecule has 86 valence electrons. The van der Waals surface area contributed by atoms with Crippen molar-refractivity contribution in [3.05, 3.63) is 0 Å². The van der Waals surface area contributed by atoms with E-state index >= 15 is 0 Å². The van der Waals surface area contributed by atoms with Gasteiger partial charge in [0.2, 0.25) is 0 Å². The molecule has 1 N–H and O–H groups in total. The summed E-state index contributed by atoms with van der Waals surface area (Å²) in [4.78, 5) is 11.4. The standard InChI is InChI=1S/C11H18O4/c1-14-10(12)11(13)7-6-8-4-2-3-5-9(8)15-11/h8-9,13H,2-7H2,1H3/t8-,9-,11-/m0/s1. The van der Waals surface area contributed by atoms with Gasteiger partial charge in [0.25, 0.3) is 5.79 Å². The lowest BCUT2D eigenvalue weighted by Gasteiger charge is -2.42. The summed E-state index contributed by atoms with van der Waals surface area (Å²) in [6.45, 7) is 0. The van der Waals surface area contributed by atoms with E-state index in [2.05, 4.69) is 4.74 Å². The molecule has 2 rings (SSSR count). The highest BCUT2D eigenvalue weighted by Crippen LogP contribution is 2.39. The maximum absolute atomic E-state index is 11.4. The molecule has 0 spiro atoms. The molecule has 1 heterocycles. The summed E-state index contributed by atoms with van der Waals surface area (Å²) in [6.07, 6.45) is 5.72. The number of rotatable bonds is 1. The van der Waals surface area contributed by atoms with Crippen molar-refractivity contribution in [3.63, 3.8) is 0 Å². The van der Waals surface area contributed by atoms with Crippen LogP contribution in [0.3, 0.4) is 0 Å². The molecule has 1 aliphatic carbocycles. The molecule has 3 atom stereocenters. The van der Waals surface area contributed by atoms with E-state index in [0.717, 1.165) is 25.7 Å². The van der Waals surface area contributed by atoms with Crippen LogP contribution < -0.4 is 0 Å². The zero-order valence-electron chi connectivity index (χ0n) is 9.07. The summed E-state index contributed by atoms with van der Waals surface area (Å²) in [6, 6.07) is 0. The Labute approximate surface area is 89.6 Å². The molecule has 2 fully saturated rings. The van der Waals surface area contributed by atoms with Gasteiger partial charge in [0.05, 0.1) is 13.2 Å². The highest BCUT2D eigenvalue weighted by molar-refractivity contribution is 5.77. The van der Waals surface area contributed by atoms with E-state index < -0.39 is 11.8 Å². The van der Waals surface area contributed by atoms with Crippen molar-refractivity contribution in [2.24, 2.45) is 5.92 Å². The van der Waals surface area contributed by atoms with Crippen molar-refractivity contribution < 1.29 is 19.4 Å². The Bertz CT molecular complexity index is 253. The maximum atomic E-state index is 11.4. The third-order valence-corrected chi connectivity index (χ3v) is 3.54. The van der Waals surface area contributed by atoms with Crippen LogP contribution in [-0.2, 0) is 14.3 Å². The lowest BCUT2D eigenvalue weighted by atomic mass is 9.80. The first-order valence-electron chi connectivity index (χ1n) is 5.64. The van der Waals surface area contributed by atoms with Gasteiger partial charge in [-0.1, -0.05) is 12.8 Å². The Kier molecular flexibility index (Phi) is 2.98. The largest absolute Gasteiger partial charge is 0.465 e. The minimum absolute atomic E-state index is 0.0385. The van der Waals surface area contributed by atoms with Crippen molar-refractivity contribution in [2.75, 3.05) is 7.11 Å². The molecular formula is C11H18O4. The van der Waals surface area contributed by atoms with Crippen molar-refractivity contribution in [1.29, 1.82) is 0 Å². The van der Waals surface area contributed by atoms with E-state index in [1.54, 1.807) is 0 Å². The average Bonchev–Trinajstić information content (AvgIpc) is 2.27. The fourth-order valence-electron chi connectivity index (χ4n) is 2.66. The molecule has 2 aliphatic rings. The van der Waals surface area contributed by atoms with E-state index in [1.807, 2.05) is 0 Å². The molecular weight excluding hydrogens is 196 g/mol. The first-order chi connectivity index (χ1) is 7.15. The number of aliphatic hydroxyl groups is 1. The molecule has 15 heavy (non-hydrogen) atoms. The second-order valence-electron chi connectivity index (χ2n) is 4.52. The van der Waals surface area contributed by atoms with E-state index in [9.17, 15) is 9.90 Å². The number of esters is 1. The lowest BCUT2D eigenvalue weighted by molar-refractivity contribution is -0.272. The van der Waals surface area contributed by atoms with Gasteiger partial charge >= 0.3 is 5.97 Å². The number of ether oxygens (including phenoxy) is 2. The quantitative estimate of drug-likeness (QED) is 0.667. The van der Waals surface area contributed by atoms with Crippen LogP contribution in [0.4, 0.5) is 0 Å². The number of hydrogen-bond acceptors (Lipinski definition) is 4.